The summed E-state index contributed by atoms with van der Waals surface area (Å²) < 4.78 is 11.6. The number of halogens is 1. The van der Waals surface area contributed by atoms with Crippen molar-refractivity contribution in [3.8, 4) is 17.0 Å². The molecule has 26 heavy (non-hydrogen) atoms. The first-order valence-electron chi connectivity index (χ1n) is 8.26. The van der Waals surface area contributed by atoms with Gasteiger partial charge in [-0.25, -0.2) is 0 Å². The van der Waals surface area contributed by atoms with Gasteiger partial charge < -0.3 is 9.26 Å². The van der Waals surface area contributed by atoms with Crippen molar-refractivity contribution in [2.24, 2.45) is 0 Å². The number of amides is 1. The fourth-order valence-corrected chi connectivity index (χ4v) is 2.63. The largest absolute Gasteiger partial charge is 0.484 e. The average molecular weight is 415 g/mol. The van der Waals surface area contributed by atoms with Crippen LogP contribution in [0.3, 0.4) is 0 Å². The maximum absolute atomic E-state index is 12.0. The van der Waals surface area contributed by atoms with Gasteiger partial charge in [0.1, 0.15) is 11.4 Å². The maximum atomic E-state index is 12.0. The number of carbonyl (C=O) groups excluding carboxylic acids is 1. The molecule has 0 bridgehead atoms. The zero-order valence-electron chi connectivity index (χ0n) is 14.5. The molecular weight excluding hydrogens is 396 g/mol. The molecule has 1 amide bonds. The van der Waals surface area contributed by atoms with Gasteiger partial charge in [-0.15, -0.1) is 0 Å². The summed E-state index contributed by atoms with van der Waals surface area (Å²) in [4.78, 5) is 12.0. The Morgan fingerprint density at radius 1 is 1.15 bits per heavy atom. The lowest BCUT2D eigenvalue weighted by molar-refractivity contribution is -0.118. The molecule has 1 N–H and O–H groups in total. The third-order valence-corrected chi connectivity index (χ3v) is 4.36. The first-order valence-corrected chi connectivity index (χ1v) is 9.06. The van der Waals surface area contributed by atoms with Gasteiger partial charge in [-0.2, -0.15) is 0 Å². The molecule has 1 aromatic heterocycles. The fraction of sp³-hybridized carbons (Fsp3) is 0.200. The third-order valence-electron chi connectivity index (χ3n) is 3.83. The van der Waals surface area contributed by atoms with Crippen molar-refractivity contribution in [1.29, 1.82) is 0 Å². The van der Waals surface area contributed by atoms with E-state index < -0.39 is 0 Å². The Morgan fingerprint density at radius 2 is 1.85 bits per heavy atom. The van der Waals surface area contributed by atoms with E-state index in [1.54, 1.807) is 6.07 Å². The Kier molecular flexibility index (Phi) is 5.73. The van der Waals surface area contributed by atoms with Crippen LogP contribution in [0.1, 0.15) is 25.3 Å². The number of anilines is 1. The van der Waals surface area contributed by atoms with Crippen molar-refractivity contribution >= 4 is 27.7 Å². The summed E-state index contributed by atoms with van der Waals surface area (Å²) in [6.45, 7) is 4.15. The number of aromatic nitrogens is 1. The Morgan fingerprint density at radius 3 is 2.50 bits per heavy atom. The van der Waals surface area contributed by atoms with Crippen LogP contribution in [0.2, 0.25) is 0 Å². The summed E-state index contributed by atoms with van der Waals surface area (Å²) in [5.74, 6) is 1.08. The zero-order valence-corrected chi connectivity index (χ0v) is 16.1. The monoisotopic (exact) mass is 414 g/mol. The molecule has 0 unspecified atom stereocenters. The van der Waals surface area contributed by atoms with Crippen LogP contribution in [0.4, 0.5) is 5.88 Å². The SMILES string of the molecule is CC(C)c1ccc(OCC(=O)Nc2cc(-c3ccc(Br)cc3)no2)cc1. The molecular formula is C20H19BrN2O3. The van der Waals surface area contributed by atoms with Crippen LogP contribution >= 0.6 is 15.9 Å². The molecule has 0 radical (unpaired) electrons. The van der Waals surface area contributed by atoms with Gasteiger partial charge in [-0.3, -0.25) is 10.1 Å². The van der Waals surface area contributed by atoms with Crippen LogP contribution < -0.4 is 10.1 Å². The number of nitrogens with zero attached hydrogens (tertiary/aromatic N) is 1. The highest BCUT2D eigenvalue weighted by Gasteiger charge is 2.10. The molecule has 0 saturated carbocycles. The van der Waals surface area contributed by atoms with E-state index in [0.717, 1.165) is 10.0 Å². The lowest BCUT2D eigenvalue weighted by Gasteiger charge is -2.08. The summed E-state index contributed by atoms with van der Waals surface area (Å²) in [6.07, 6.45) is 0. The Labute approximate surface area is 160 Å². The minimum atomic E-state index is -0.309. The van der Waals surface area contributed by atoms with Gasteiger partial charge >= 0.3 is 0 Å². The first-order chi connectivity index (χ1) is 12.5. The molecule has 0 saturated heterocycles. The molecule has 5 nitrogen and oxygen atoms in total. The van der Waals surface area contributed by atoms with Crippen LogP contribution in [-0.2, 0) is 4.79 Å². The minimum Gasteiger partial charge on any atom is -0.484 e. The summed E-state index contributed by atoms with van der Waals surface area (Å²) in [7, 11) is 0. The van der Waals surface area contributed by atoms with Crippen molar-refractivity contribution < 1.29 is 14.1 Å². The fourth-order valence-electron chi connectivity index (χ4n) is 2.36. The van der Waals surface area contributed by atoms with E-state index in [9.17, 15) is 4.79 Å². The smallest absolute Gasteiger partial charge is 0.264 e. The lowest BCUT2D eigenvalue weighted by atomic mass is 10.0. The normalized spacial score (nSPS) is 10.8. The molecule has 2 aromatic carbocycles. The summed E-state index contributed by atoms with van der Waals surface area (Å²) in [5, 5.41) is 6.61. The molecule has 0 aliphatic carbocycles. The van der Waals surface area contributed by atoms with E-state index in [2.05, 4.69) is 40.3 Å². The molecule has 3 aromatic rings. The predicted molar refractivity (Wildman–Crippen MR) is 104 cm³/mol. The van der Waals surface area contributed by atoms with Crippen molar-refractivity contribution in [3.63, 3.8) is 0 Å². The first kappa shape index (κ1) is 18.2. The van der Waals surface area contributed by atoms with Gasteiger partial charge in [0.25, 0.3) is 5.91 Å². The standard InChI is InChI=1S/C20H19BrN2O3/c1-13(2)14-5-9-17(10-6-14)25-12-19(24)22-20-11-18(23-26-20)15-3-7-16(21)8-4-15/h3-11,13H,12H2,1-2H3,(H,22,24). The van der Waals surface area contributed by atoms with Crippen LogP contribution in [-0.4, -0.2) is 17.7 Å². The summed E-state index contributed by atoms with van der Waals surface area (Å²) in [5.41, 5.74) is 2.78. The Bertz CT molecular complexity index is 871. The van der Waals surface area contributed by atoms with Gasteiger partial charge in [0.15, 0.2) is 6.61 Å². The van der Waals surface area contributed by atoms with E-state index in [-0.39, 0.29) is 18.4 Å². The quantitative estimate of drug-likeness (QED) is 0.598. The number of hydrogen-bond acceptors (Lipinski definition) is 4. The molecule has 0 atom stereocenters. The number of rotatable bonds is 6. The highest BCUT2D eigenvalue weighted by molar-refractivity contribution is 9.10. The van der Waals surface area contributed by atoms with Crippen molar-refractivity contribution in [3.05, 3.63) is 64.6 Å². The predicted octanol–water partition coefficient (Wildman–Crippen LogP) is 5.25. The Hall–Kier alpha value is -2.60. The summed E-state index contributed by atoms with van der Waals surface area (Å²) in [6, 6.07) is 17.1. The number of benzene rings is 2. The van der Waals surface area contributed by atoms with Gasteiger partial charge in [-0.05, 0) is 35.7 Å². The highest BCUT2D eigenvalue weighted by atomic mass is 79.9. The van der Waals surface area contributed by atoms with Crippen LogP contribution in [0, 0.1) is 0 Å². The zero-order chi connectivity index (χ0) is 18.5. The van der Waals surface area contributed by atoms with Crippen molar-refractivity contribution in [1.82, 2.24) is 5.16 Å². The average Bonchev–Trinajstić information content (AvgIpc) is 3.09. The van der Waals surface area contributed by atoms with Crippen molar-refractivity contribution in [2.45, 2.75) is 19.8 Å². The van der Waals surface area contributed by atoms with Crippen LogP contribution in [0.5, 0.6) is 5.75 Å². The molecule has 134 valence electrons. The maximum Gasteiger partial charge on any atom is 0.264 e. The second kappa shape index (κ2) is 8.19. The van der Waals surface area contributed by atoms with Gasteiger partial charge in [0.05, 0.1) is 0 Å². The van der Waals surface area contributed by atoms with E-state index in [1.165, 1.54) is 5.56 Å². The molecule has 6 heteroatoms. The van der Waals surface area contributed by atoms with Gasteiger partial charge in [-0.1, -0.05) is 59.2 Å². The van der Waals surface area contributed by atoms with Crippen LogP contribution in [0.25, 0.3) is 11.3 Å². The van der Waals surface area contributed by atoms with E-state index in [0.29, 0.717) is 17.4 Å². The lowest BCUT2D eigenvalue weighted by Crippen LogP contribution is -2.19. The number of carbonyl (C=O) groups is 1. The summed E-state index contributed by atoms with van der Waals surface area (Å²) >= 11 is 3.39. The van der Waals surface area contributed by atoms with Crippen LogP contribution in [0.15, 0.2) is 63.6 Å². The van der Waals surface area contributed by atoms with E-state index in [4.69, 9.17) is 9.26 Å². The second-order valence-electron chi connectivity index (χ2n) is 6.14. The van der Waals surface area contributed by atoms with Crippen molar-refractivity contribution in [2.75, 3.05) is 11.9 Å². The molecule has 1 heterocycles. The number of nitrogens with one attached hydrogen (secondary N) is 1. The number of ether oxygens (including phenoxy) is 1. The molecule has 0 aliphatic heterocycles. The number of hydrogen-bond donors (Lipinski definition) is 1. The highest BCUT2D eigenvalue weighted by Crippen LogP contribution is 2.23. The van der Waals surface area contributed by atoms with Gasteiger partial charge in [0, 0.05) is 16.1 Å². The molecule has 0 spiro atoms. The molecule has 3 rings (SSSR count). The second-order valence-corrected chi connectivity index (χ2v) is 7.06. The Balaban J connectivity index is 1.54. The third kappa shape index (κ3) is 4.73. The van der Waals surface area contributed by atoms with E-state index >= 15 is 0 Å². The minimum absolute atomic E-state index is 0.102. The van der Waals surface area contributed by atoms with E-state index in [1.807, 2.05) is 48.5 Å². The molecule has 0 aliphatic rings. The molecule has 0 fully saturated rings. The topological polar surface area (TPSA) is 64.4 Å². The van der Waals surface area contributed by atoms with Gasteiger partial charge in [0.2, 0.25) is 5.88 Å².